The number of non-ortho nitro benzene ring substituents is 1. The van der Waals surface area contributed by atoms with Crippen molar-refractivity contribution in [1.82, 2.24) is 0 Å². The van der Waals surface area contributed by atoms with Crippen molar-refractivity contribution >= 4 is 17.3 Å². The lowest BCUT2D eigenvalue weighted by molar-refractivity contribution is -0.384. The molecule has 0 heterocycles. The highest BCUT2D eigenvalue weighted by Gasteiger charge is 2.13. The quantitative estimate of drug-likeness (QED) is 0.411. The zero-order valence-corrected chi connectivity index (χ0v) is 10.6. The number of nitro groups is 1. The van der Waals surface area contributed by atoms with Gasteiger partial charge in [-0.05, 0) is 24.9 Å². The number of carbonyl (C=O) groups is 1. The molecule has 1 amide bonds. The van der Waals surface area contributed by atoms with E-state index in [1.54, 1.807) is 0 Å². The monoisotopic (exact) mass is 267 g/mol. The first-order valence-corrected chi connectivity index (χ1v) is 5.91. The van der Waals surface area contributed by atoms with Crippen molar-refractivity contribution in [2.45, 2.75) is 19.8 Å². The van der Waals surface area contributed by atoms with Crippen LogP contribution in [-0.2, 0) is 4.79 Å². The topological polar surface area (TPSA) is 118 Å². The van der Waals surface area contributed by atoms with E-state index in [4.69, 9.17) is 5.73 Å². The highest BCUT2D eigenvalue weighted by molar-refractivity contribution is 5.92. The Hall–Kier alpha value is -2.15. The Bertz CT molecular complexity index is 476. The predicted molar refractivity (Wildman–Crippen MR) is 70.8 cm³/mol. The molecule has 0 bridgehead atoms. The lowest BCUT2D eigenvalue weighted by Crippen LogP contribution is -2.16. The molecule has 0 aliphatic carbocycles. The summed E-state index contributed by atoms with van der Waals surface area (Å²) >= 11 is 0. The lowest BCUT2D eigenvalue weighted by atomic mass is 10.1. The van der Waals surface area contributed by atoms with Crippen LogP contribution >= 0.6 is 0 Å². The number of aromatic hydroxyl groups is 1. The van der Waals surface area contributed by atoms with Crippen molar-refractivity contribution in [2.24, 2.45) is 11.7 Å². The van der Waals surface area contributed by atoms with Gasteiger partial charge in [0.15, 0.2) is 0 Å². The molecule has 0 aromatic heterocycles. The van der Waals surface area contributed by atoms with Gasteiger partial charge < -0.3 is 16.2 Å². The van der Waals surface area contributed by atoms with Crippen LogP contribution in [0.2, 0.25) is 0 Å². The number of rotatable bonds is 6. The minimum Gasteiger partial charge on any atom is -0.506 e. The molecule has 0 aliphatic rings. The van der Waals surface area contributed by atoms with E-state index in [9.17, 15) is 20.0 Å². The number of benzene rings is 1. The lowest BCUT2D eigenvalue weighted by Gasteiger charge is -2.09. The van der Waals surface area contributed by atoms with Gasteiger partial charge in [0.2, 0.25) is 5.91 Å². The Kier molecular flexibility index (Phi) is 5.25. The molecule has 7 nitrogen and oxygen atoms in total. The predicted octanol–water partition coefficient (Wildman–Crippen LogP) is 1.61. The number of hydrogen-bond acceptors (Lipinski definition) is 5. The SMILES string of the molecule is CC(CN)CCC(=O)Nc1cc([N+](=O)[O-])ccc1O. The minimum atomic E-state index is -0.592. The molecule has 1 rings (SSSR count). The third-order valence-electron chi connectivity index (χ3n) is 2.73. The van der Waals surface area contributed by atoms with Crippen LogP contribution in [0.15, 0.2) is 18.2 Å². The number of anilines is 1. The maximum absolute atomic E-state index is 11.6. The number of phenolic OH excluding ortho intramolecular Hbond substituents is 1. The zero-order valence-electron chi connectivity index (χ0n) is 10.6. The molecule has 0 fully saturated rings. The van der Waals surface area contributed by atoms with Crippen LogP contribution in [0, 0.1) is 16.0 Å². The van der Waals surface area contributed by atoms with Crippen LogP contribution in [0.5, 0.6) is 5.75 Å². The maximum atomic E-state index is 11.6. The Morgan fingerprint density at radius 2 is 2.26 bits per heavy atom. The second kappa shape index (κ2) is 6.69. The first-order valence-electron chi connectivity index (χ1n) is 5.91. The highest BCUT2D eigenvalue weighted by Crippen LogP contribution is 2.27. The molecular formula is C12H17N3O4. The van der Waals surface area contributed by atoms with Gasteiger partial charge in [0.25, 0.3) is 5.69 Å². The van der Waals surface area contributed by atoms with Gasteiger partial charge in [0.1, 0.15) is 5.75 Å². The fraction of sp³-hybridized carbons (Fsp3) is 0.417. The normalized spacial score (nSPS) is 11.9. The van der Waals surface area contributed by atoms with Crippen LogP contribution in [0.3, 0.4) is 0 Å². The van der Waals surface area contributed by atoms with Crippen LogP contribution in [-0.4, -0.2) is 22.5 Å². The van der Waals surface area contributed by atoms with E-state index in [2.05, 4.69) is 5.32 Å². The summed E-state index contributed by atoms with van der Waals surface area (Å²) in [7, 11) is 0. The minimum absolute atomic E-state index is 0.0413. The van der Waals surface area contributed by atoms with Crippen molar-refractivity contribution < 1.29 is 14.8 Å². The molecule has 1 aromatic carbocycles. The number of phenols is 1. The van der Waals surface area contributed by atoms with E-state index in [0.29, 0.717) is 13.0 Å². The molecule has 1 unspecified atom stereocenters. The number of nitro benzene ring substituents is 1. The molecule has 7 heteroatoms. The largest absolute Gasteiger partial charge is 0.506 e. The fourth-order valence-corrected chi connectivity index (χ4v) is 1.45. The Morgan fingerprint density at radius 1 is 1.58 bits per heavy atom. The molecule has 104 valence electrons. The summed E-state index contributed by atoms with van der Waals surface area (Å²) in [6.45, 7) is 2.42. The zero-order chi connectivity index (χ0) is 14.4. The van der Waals surface area contributed by atoms with Crippen LogP contribution in [0.1, 0.15) is 19.8 Å². The Balaban J connectivity index is 2.68. The van der Waals surface area contributed by atoms with E-state index >= 15 is 0 Å². The van der Waals surface area contributed by atoms with E-state index < -0.39 is 4.92 Å². The number of nitrogens with zero attached hydrogens (tertiary/aromatic N) is 1. The van der Waals surface area contributed by atoms with E-state index in [0.717, 1.165) is 6.07 Å². The summed E-state index contributed by atoms with van der Waals surface area (Å²) < 4.78 is 0. The molecule has 19 heavy (non-hydrogen) atoms. The summed E-state index contributed by atoms with van der Waals surface area (Å²) in [5, 5.41) is 22.6. The summed E-state index contributed by atoms with van der Waals surface area (Å²) in [5.41, 5.74) is 5.29. The smallest absolute Gasteiger partial charge is 0.271 e. The number of hydrogen-bond donors (Lipinski definition) is 3. The third-order valence-corrected chi connectivity index (χ3v) is 2.73. The van der Waals surface area contributed by atoms with Gasteiger partial charge in [-0.3, -0.25) is 14.9 Å². The first kappa shape index (κ1) is 14.9. The molecule has 0 spiro atoms. The second-order valence-electron chi connectivity index (χ2n) is 4.39. The molecule has 0 saturated carbocycles. The van der Waals surface area contributed by atoms with Gasteiger partial charge in [-0.15, -0.1) is 0 Å². The van der Waals surface area contributed by atoms with Crippen molar-refractivity contribution in [1.29, 1.82) is 0 Å². The molecular weight excluding hydrogens is 250 g/mol. The average molecular weight is 267 g/mol. The highest BCUT2D eigenvalue weighted by atomic mass is 16.6. The van der Waals surface area contributed by atoms with E-state index in [-0.39, 0.29) is 35.4 Å². The van der Waals surface area contributed by atoms with Crippen molar-refractivity contribution in [2.75, 3.05) is 11.9 Å². The maximum Gasteiger partial charge on any atom is 0.271 e. The summed E-state index contributed by atoms with van der Waals surface area (Å²) in [4.78, 5) is 21.6. The van der Waals surface area contributed by atoms with Crippen molar-refractivity contribution in [3.05, 3.63) is 28.3 Å². The van der Waals surface area contributed by atoms with Gasteiger partial charge in [-0.25, -0.2) is 0 Å². The van der Waals surface area contributed by atoms with Gasteiger partial charge in [0, 0.05) is 18.6 Å². The first-order chi connectivity index (χ1) is 8.93. The van der Waals surface area contributed by atoms with E-state index in [1.165, 1.54) is 12.1 Å². The van der Waals surface area contributed by atoms with Crippen molar-refractivity contribution in [3.63, 3.8) is 0 Å². The number of nitrogens with one attached hydrogen (secondary N) is 1. The molecule has 0 aliphatic heterocycles. The average Bonchev–Trinajstić information content (AvgIpc) is 2.38. The summed E-state index contributed by atoms with van der Waals surface area (Å²) in [5.74, 6) is -0.286. The van der Waals surface area contributed by atoms with Gasteiger partial charge >= 0.3 is 0 Å². The second-order valence-corrected chi connectivity index (χ2v) is 4.39. The standard InChI is InChI=1S/C12H17N3O4/c1-8(7-13)2-5-12(17)14-10-6-9(15(18)19)3-4-11(10)16/h3-4,6,8,16H,2,5,7,13H2,1H3,(H,14,17). The third kappa shape index (κ3) is 4.55. The number of carbonyl (C=O) groups excluding carboxylic acids is 1. The molecule has 4 N–H and O–H groups in total. The number of amides is 1. The van der Waals surface area contributed by atoms with Gasteiger partial charge in [-0.2, -0.15) is 0 Å². The fourth-order valence-electron chi connectivity index (χ4n) is 1.45. The molecule has 1 atom stereocenters. The van der Waals surface area contributed by atoms with Crippen LogP contribution in [0.25, 0.3) is 0 Å². The Morgan fingerprint density at radius 3 is 2.84 bits per heavy atom. The van der Waals surface area contributed by atoms with Crippen molar-refractivity contribution in [3.8, 4) is 5.75 Å². The van der Waals surface area contributed by atoms with Gasteiger partial charge in [0.05, 0.1) is 10.6 Å². The number of nitrogens with two attached hydrogens (primary N) is 1. The van der Waals surface area contributed by atoms with E-state index in [1.807, 2.05) is 6.92 Å². The van der Waals surface area contributed by atoms with Crippen LogP contribution in [0.4, 0.5) is 11.4 Å². The summed E-state index contributed by atoms with van der Waals surface area (Å²) in [6, 6.07) is 3.47. The van der Waals surface area contributed by atoms with Crippen LogP contribution < -0.4 is 11.1 Å². The molecule has 0 radical (unpaired) electrons. The molecule has 1 aromatic rings. The summed E-state index contributed by atoms with van der Waals surface area (Å²) in [6.07, 6.45) is 0.874. The Labute approximate surface area is 110 Å². The van der Waals surface area contributed by atoms with Gasteiger partial charge in [-0.1, -0.05) is 6.92 Å². The molecule has 0 saturated heterocycles.